The lowest BCUT2D eigenvalue weighted by Crippen LogP contribution is -2.35. The fourth-order valence-corrected chi connectivity index (χ4v) is 3.96. The second-order valence-corrected chi connectivity index (χ2v) is 7.13. The van der Waals surface area contributed by atoms with E-state index in [1.54, 1.807) is 0 Å². The van der Waals surface area contributed by atoms with Gasteiger partial charge in [-0.15, -0.1) is 0 Å². The first kappa shape index (κ1) is 15.5. The van der Waals surface area contributed by atoms with Crippen LogP contribution in [0.5, 0.6) is 0 Å². The van der Waals surface area contributed by atoms with E-state index in [1.165, 1.54) is 16.8 Å². The van der Waals surface area contributed by atoms with Gasteiger partial charge in [-0.2, -0.15) is 5.10 Å². The highest BCUT2D eigenvalue weighted by Crippen LogP contribution is 2.45. The highest BCUT2D eigenvalue weighted by atomic mass is 35.5. The molecule has 2 unspecified atom stereocenters. The smallest absolute Gasteiger partial charge is 0.142 e. The second-order valence-electron chi connectivity index (χ2n) is 6.70. The molecule has 2 atom stereocenters. The maximum absolute atomic E-state index is 6.05. The predicted octanol–water partition coefficient (Wildman–Crippen LogP) is 5.62. The van der Waals surface area contributed by atoms with Gasteiger partial charge in [-0.25, -0.2) is 0 Å². The van der Waals surface area contributed by atoms with Crippen molar-refractivity contribution < 1.29 is 0 Å². The Morgan fingerprint density at radius 3 is 2.42 bits per heavy atom. The van der Waals surface area contributed by atoms with Crippen molar-refractivity contribution in [3.8, 4) is 0 Å². The molecule has 3 aromatic carbocycles. The standard InChI is InChI=1S/C22H18ClN3/c23-17-12-10-15(11-13-17)20-14-21-18-8-4-5-9-19(18)24-22(26(21)25-20)16-6-2-1-3-7-16/h1-13,21-22,24H,14H2. The van der Waals surface area contributed by atoms with Gasteiger partial charge in [-0.1, -0.05) is 72.3 Å². The molecule has 0 saturated carbocycles. The topological polar surface area (TPSA) is 27.6 Å². The van der Waals surface area contributed by atoms with Crippen LogP contribution in [-0.2, 0) is 0 Å². The molecule has 3 nitrogen and oxygen atoms in total. The van der Waals surface area contributed by atoms with Gasteiger partial charge in [-0.3, -0.25) is 5.01 Å². The highest BCUT2D eigenvalue weighted by molar-refractivity contribution is 6.30. The SMILES string of the molecule is Clc1ccc(C2=NN3C(C2)c2ccccc2NC3c2ccccc2)cc1. The molecule has 0 saturated heterocycles. The fraction of sp³-hybridized carbons (Fsp3) is 0.136. The van der Waals surface area contributed by atoms with Crippen LogP contribution in [0.2, 0.25) is 5.02 Å². The van der Waals surface area contributed by atoms with Gasteiger partial charge in [0.1, 0.15) is 6.17 Å². The molecule has 1 N–H and O–H groups in total. The number of hydrogen-bond donors (Lipinski definition) is 1. The summed E-state index contributed by atoms with van der Waals surface area (Å²) in [5, 5.41) is 11.6. The van der Waals surface area contributed by atoms with Gasteiger partial charge in [0.05, 0.1) is 11.8 Å². The molecule has 26 heavy (non-hydrogen) atoms. The summed E-state index contributed by atoms with van der Waals surface area (Å²) >= 11 is 6.05. The van der Waals surface area contributed by atoms with Gasteiger partial charge in [0.2, 0.25) is 0 Å². The van der Waals surface area contributed by atoms with Crippen LogP contribution in [-0.4, -0.2) is 10.7 Å². The van der Waals surface area contributed by atoms with Crippen molar-refractivity contribution in [2.75, 3.05) is 5.32 Å². The molecule has 3 aromatic rings. The molecule has 2 aliphatic rings. The summed E-state index contributed by atoms with van der Waals surface area (Å²) in [6.45, 7) is 0. The fourth-order valence-electron chi connectivity index (χ4n) is 3.84. The zero-order valence-electron chi connectivity index (χ0n) is 14.1. The van der Waals surface area contributed by atoms with Gasteiger partial charge in [0, 0.05) is 17.1 Å². The molecule has 2 aliphatic heterocycles. The maximum Gasteiger partial charge on any atom is 0.142 e. The van der Waals surface area contributed by atoms with Crippen molar-refractivity contribution in [3.63, 3.8) is 0 Å². The van der Waals surface area contributed by atoms with Crippen LogP contribution >= 0.6 is 11.6 Å². The summed E-state index contributed by atoms with van der Waals surface area (Å²) in [5.41, 5.74) is 5.94. The van der Waals surface area contributed by atoms with Crippen molar-refractivity contribution in [3.05, 3.63) is 101 Å². The molecule has 2 heterocycles. The normalized spacial score (nSPS) is 20.8. The van der Waals surface area contributed by atoms with Crippen molar-refractivity contribution in [1.82, 2.24) is 5.01 Å². The number of anilines is 1. The molecule has 5 rings (SSSR count). The van der Waals surface area contributed by atoms with E-state index in [9.17, 15) is 0 Å². The summed E-state index contributed by atoms with van der Waals surface area (Å²) in [6.07, 6.45) is 0.921. The Bertz CT molecular complexity index is 966. The summed E-state index contributed by atoms with van der Waals surface area (Å²) in [6, 6.07) is 27.2. The van der Waals surface area contributed by atoms with Crippen molar-refractivity contribution in [1.29, 1.82) is 0 Å². The molecular formula is C22H18ClN3. The Balaban J connectivity index is 1.59. The quantitative estimate of drug-likeness (QED) is 0.643. The third-order valence-corrected chi connectivity index (χ3v) is 5.36. The Morgan fingerprint density at radius 2 is 1.62 bits per heavy atom. The van der Waals surface area contributed by atoms with E-state index in [2.05, 4.69) is 71.0 Å². The average molecular weight is 360 g/mol. The minimum atomic E-state index is 0.0286. The third kappa shape index (κ3) is 2.56. The Hall–Kier alpha value is -2.78. The Labute approximate surface area is 157 Å². The van der Waals surface area contributed by atoms with E-state index in [1.807, 2.05) is 18.2 Å². The maximum atomic E-state index is 6.05. The summed E-state index contributed by atoms with van der Waals surface area (Å²) in [4.78, 5) is 0. The number of nitrogens with zero attached hydrogens (tertiary/aromatic N) is 2. The van der Waals surface area contributed by atoms with Crippen LogP contribution in [0.1, 0.15) is 35.3 Å². The zero-order chi connectivity index (χ0) is 17.5. The molecule has 0 spiro atoms. The lowest BCUT2D eigenvalue weighted by molar-refractivity contribution is 0.169. The van der Waals surface area contributed by atoms with Gasteiger partial charge in [0.25, 0.3) is 0 Å². The number of nitrogens with one attached hydrogen (secondary N) is 1. The van der Waals surface area contributed by atoms with E-state index in [0.29, 0.717) is 0 Å². The summed E-state index contributed by atoms with van der Waals surface area (Å²) in [7, 11) is 0. The molecule has 0 amide bonds. The van der Waals surface area contributed by atoms with Crippen LogP contribution < -0.4 is 5.32 Å². The molecule has 128 valence electrons. The summed E-state index contributed by atoms with van der Waals surface area (Å²) in [5.74, 6) is 0. The third-order valence-electron chi connectivity index (χ3n) is 5.11. The number of rotatable bonds is 2. The van der Waals surface area contributed by atoms with E-state index < -0.39 is 0 Å². The number of hydrogen-bond acceptors (Lipinski definition) is 3. The largest absolute Gasteiger partial charge is 0.360 e. The number of halogens is 1. The summed E-state index contributed by atoms with van der Waals surface area (Å²) < 4.78 is 0. The molecule has 4 heteroatoms. The van der Waals surface area contributed by atoms with Gasteiger partial charge < -0.3 is 5.32 Å². The highest BCUT2D eigenvalue weighted by Gasteiger charge is 2.39. The first-order valence-corrected chi connectivity index (χ1v) is 9.19. The number of hydrazone groups is 1. The monoisotopic (exact) mass is 359 g/mol. The van der Waals surface area contributed by atoms with Crippen molar-refractivity contribution in [2.45, 2.75) is 18.6 Å². The number of benzene rings is 3. The van der Waals surface area contributed by atoms with E-state index in [4.69, 9.17) is 16.7 Å². The van der Waals surface area contributed by atoms with Crippen LogP contribution in [0, 0.1) is 0 Å². The predicted molar refractivity (Wildman–Crippen MR) is 106 cm³/mol. The molecule has 0 aliphatic carbocycles. The lowest BCUT2D eigenvalue weighted by atomic mass is 9.94. The van der Waals surface area contributed by atoms with Gasteiger partial charge in [-0.05, 0) is 34.9 Å². The van der Waals surface area contributed by atoms with Crippen LogP contribution in [0.3, 0.4) is 0 Å². The Kier molecular flexibility index (Phi) is 3.68. The van der Waals surface area contributed by atoms with Crippen LogP contribution in [0.25, 0.3) is 0 Å². The zero-order valence-corrected chi connectivity index (χ0v) is 14.9. The van der Waals surface area contributed by atoms with Crippen LogP contribution in [0.15, 0.2) is 84.0 Å². The molecule has 0 bridgehead atoms. The van der Waals surface area contributed by atoms with Crippen molar-refractivity contribution >= 4 is 23.0 Å². The minimum Gasteiger partial charge on any atom is -0.360 e. The first-order valence-electron chi connectivity index (χ1n) is 8.82. The van der Waals surface area contributed by atoms with Gasteiger partial charge in [0.15, 0.2) is 0 Å². The molecule has 0 radical (unpaired) electrons. The first-order chi connectivity index (χ1) is 12.8. The average Bonchev–Trinajstić information content (AvgIpc) is 3.14. The Morgan fingerprint density at radius 1 is 0.885 bits per heavy atom. The number of para-hydroxylation sites is 1. The number of fused-ring (bicyclic) bond motifs is 3. The van der Waals surface area contributed by atoms with Crippen molar-refractivity contribution in [2.24, 2.45) is 5.10 Å². The second kappa shape index (κ2) is 6.19. The van der Waals surface area contributed by atoms with Crippen LogP contribution in [0.4, 0.5) is 5.69 Å². The lowest BCUT2D eigenvalue weighted by Gasteiger charge is -2.39. The molecule has 0 fully saturated rings. The van der Waals surface area contributed by atoms with Gasteiger partial charge >= 0.3 is 0 Å². The molecule has 0 aromatic heterocycles. The van der Waals surface area contributed by atoms with E-state index >= 15 is 0 Å². The van der Waals surface area contributed by atoms with E-state index in [0.717, 1.165) is 22.7 Å². The molecular weight excluding hydrogens is 342 g/mol. The minimum absolute atomic E-state index is 0.0286. The van der Waals surface area contributed by atoms with E-state index in [-0.39, 0.29) is 12.2 Å².